The fourth-order valence-corrected chi connectivity index (χ4v) is 2.43. The first-order valence-electron chi connectivity index (χ1n) is 6.90. The Hall–Kier alpha value is -1.26. The normalized spacial score (nSPS) is 20.8. The Morgan fingerprint density at radius 2 is 2.17 bits per heavy atom. The molecule has 0 saturated carbocycles. The highest BCUT2D eigenvalue weighted by atomic mass is 16.4. The van der Waals surface area contributed by atoms with E-state index >= 15 is 0 Å². The van der Waals surface area contributed by atoms with Gasteiger partial charge in [-0.1, -0.05) is 26.7 Å². The number of urea groups is 1. The van der Waals surface area contributed by atoms with Gasteiger partial charge in [-0.25, -0.2) is 9.59 Å². The Morgan fingerprint density at radius 3 is 2.72 bits per heavy atom. The van der Waals surface area contributed by atoms with Gasteiger partial charge in [-0.15, -0.1) is 0 Å². The molecule has 1 fully saturated rings. The molecule has 2 amide bonds. The van der Waals surface area contributed by atoms with Crippen molar-refractivity contribution in [2.45, 2.75) is 64.5 Å². The predicted octanol–water partition coefficient (Wildman–Crippen LogP) is 2.21. The van der Waals surface area contributed by atoms with Gasteiger partial charge in [-0.05, 0) is 25.7 Å². The molecule has 0 aliphatic carbocycles. The van der Waals surface area contributed by atoms with Crippen LogP contribution in [-0.4, -0.2) is 40.6 Å². The standard InChI is InChI=1S/C13H24N2O3/c1-3-5-8-11(12(16)17)14-13(18)15-9-6-7-10(15)4-2/h10-11H,3-9H2,1-2H3,(H,14,18)(H,16,17). The van der Waals surface area contributed by atoms with Crippen LogP contribution in [0.15, 0.2) is 0 Å². The maximum Gasteiger partial charge on any atom is 0.326 e. The van der Waals surface area contributed by atoms with Crippen molar-refractivity contribution >= 4 is 12.0 Å². The summed E-state index contributed by atoms with van der Waals surface area (Å²) in [5, 5.41) is 11.7. The quantitative estimate of drug-likeness (QED) is 0.765. The van der Waals surface area contributed by atoms with Gasteiger partial charge in [-0.2, -0.15) is 0 Å². The number of hydrogen-bond donors (Lipinski definition) is 2. The molecule has 2 atom stereocenters. The van der Waals surface area contributed by atoms with Crippen LogP contribution in [0.2, 0.25) is 0 Å². The number of rotatable bonds is 6. The topological polar surface area (TPSA) is 69.6 Å². The lowest BCUT2D eigenvalue weighted by atomic mass is 10.1. The molecule has 5 heteroatoms. The van der Waals surface area contributed by atoms with Gasteiger partial charge >= 0.3 is 12.0 Å². The van der Waals surface area contributed by atoms with Gasteiger partial charge in [0.25, 0.3) is 0 Å². The summed E-state index contributed by atoms with van der Waals surface area (Å²) < 4.78 is 0. The molecular formula is C13H24N2O3. The van der Waals surface area contributed by atoms with Crippen molar-refractivity contribution in [3.63, 3.8) is 0 Å². The number of aliphatic carboxylic acids is 1. The largest absolute Gasteiger partial charge is 0.480 e. The zero-order valence-electron chi connectivity index (χ0n) is 11.3. The van der Waals surface area contributed by atoms with Gasteiger partial charge in [0.2, 0.25) is 0 Å². The number of carboxylic acids is 1. The van der Waals surface area contributed by atoms with Gasteiger partial charge in [0.1, 0.15) is 6.04 Å². The number of likely N-dealkylation sites (tertiary alicyclic amines) is 1. The van der Waals surface area contributed by atoms with E-state index in [4.69, 9.17) is 5.11 Å². The van der Waals surface area contributed by atoms with Crippen LogP contribution in [0.25, 0.3) is 0 Å². The fraction of sp³-hybridized carbons (Fsp3) is 0.846. The molecule has 18 heavy (non-hydrogen) atoms. The summed E-state index contributed by atoms with van der Waals surface area (Å²) in [6.45, 7) is 4.81. The molecule has 1 heterocycles. The Bertz CT molecular complexity index is 294. The number of hydrogen-bond acceptors (Lipinski definition) is 2. The molecule has 0 aromatic rings. The molecule has 1 aliphatic rings. The lowest BCUT2D eigenvalue weighted by Gasteiger charge is -2.26. The van der Waals surface area contributed by atoms with E-state index in [1.165, 1.54) is 0 Å². The van der Waals surface area contributed by atoms with Crippen molar-refractivity contribution < 1.29 is 14.7 Å². The highest BCUT2D eigenvalue weighted by molar-refractivity contribution is 5.82. The van der Waals surface area contributed by atoms with Crippen LogP contribution in [0.1, 0.15) is 52.4 Å². The molecule has 2 N–H and O–H groups in total. The van der Waals surface area contributed by atoms with Crippen LogP contribution in [0.4, 0.5) is 4.79 Å². The van der Waals surface area contributed by atoms with Gasteiger partial charge < -0.3 is 15.3 Å². The second-order valence-corrected chi connectivity index (χ2v) is 4.88. The molecule has 2 unspecified atom stereocenters. The number of carboxylic acid groups (broad SMARTS) is 1. The van der Waals surface area contributed by atoms with Crippen molar-refractivity contribution in [3.05, 3.63) is 0 Å². The highest BCUT2D eigenvalue weighted by Gasteiger charge is 2.29. The minimum absolute atomic E-state index is 0.220. The average Bonchev–Trinajstić information content (AvgIpc) is 2.82. The van der Waals surface area contributed by atoms with Gasteiger partial charge in [0.15, 0.2) is 0 Å². The molecule has 104 valence electrons. The average molecular weight is 256 g/mol. The number of amides is 2. The first kappa shape index (κ1) is 14.8. The third kappa shape index (κ3) is 3.89. The van der Waals surface area contributed by atoms with Crippen molar-refractivity contribution in [2.75, 3.05) is 6.54 Å². The van der Waals surface area contributed by atoms with Crippen molar-refractivity contribution in [1.29, 1.82) is 0 Å². The number of unbranched alkanes of at least 4 members (excludes halogenated alkanes) is 1. The van der Waals surface area contributed by atoms with Crippen molar-refractivity contribution in [2.24, 2.45) is 0 Å². The summed E-state index contributed by atoms with van der Waals surface area (Å²) >= 11 is 0. The van der Waals surface area contributed by atoms with Crippen molar-refractivity contribution in [1.82, 2.24) is 10.2 Å². The fourth-order valence-electron chi connectivity index (χ4n) is 2.43. The summed E-state index contributed by atoms with van der Waals surface area (Å²) in [4.78, 5) is 24.9. The molecule has 5 nitrogen and oxygen atoms in total. The maximum atomic E-state index is 12.0. The predicted molar refractivity (Wildman–Crippen MR) is 69.5 cm³/mol. The van der Waals surface area contributed by atoms with E-state index in [0.29, 0.717) is 6.42 Å². The molecule has 0 radical (unpaired) electrons. The molecule has 0 aromatic heterocycles. The second-order valence-electron chi connectivity index (χ2n) is 4.88. The van der Waals surface area contributed by atoms with Crippen LogP contribution < -0.4 is 5.32 Å². The summed E-state index contributed by atoms with van der Waals surface area (Å²) in [5.41, 5.74) is 0. The Morgan fingerprint density at radius 1 is 1.44 bits per heavy atom. The third-order valence-electron chi connectivity index (χ3n) is 3.55. The second kappa shape index (κ2) is 7.24. The minimum atomic E-state index is -0.941. The van der Waals surface area contributed by atoms with Crippen LogP contribution in [-0.2, 0) is 4.79 Å². The number of nitrogens with zero attached hydrogens (tertiary/aromatic N) is 1. The highest BCUT2D eigenvalue weighted by Crippen LogP contribution is 2.19. The molecule has 1 aliphatic heterocycles. The number of carbonyl (C=O) groups is 2. The Labute approximate surface area is 109 Å². The monoisotopic (exact) mass is 256 g/mol. The summed E-state index contributed by atoms with van der Waals surface area (Å²) in [6.07, 6.45) is 5.22. The lowest BCUT2D eigenvalue weighted by molar-refractivity contribution is -0.139. The zero-order valence-corrected chi connectivity index (χ0v) is 11.3. The van der Waals surface area contributed by atoms with E-state index in [1.807, 2.05) is 6.92 Å². The Balaban J connectivity index is 2.52. The van der Waals surface area contributed by atoms with E-state index in [2.05, 4.69) is 12.2 Å². The van der Waals surface area contributed by atoms with Gasteiger partial charge in [-0.3, -0.25) is 0 Å². The molecule has 0 spiro atoms. The molecule has 1 saturated heterocycles. The Kier molecular flexibility index (Phi) is 5.95. The molecule has 0 aromatic carbocycles. The van der Waals surface area contributed by atoms with E-state index in [9.17, 15) is 9.59 Å². The summed E-state index contributed by atoms with van der Waals surface area (Å²) in [7, 11) is 0. The van der Waals surface area contributed by atoms with Crippen LogP contribution in [0.3, 0.4) is 0 Å². The SMILES string of the molecule is CCCCC(NC(=O)N1CCCC1CC)C(=O)O. The van der Waals surface area contributed by atoms with E-state index in [1.54, 1.807) is 4.90 Å². The third-order valence-corrected chi connectivity index (χ3v) is 3.55. The lowest BCUT2D eigenvalue weighted by Crippen LogP contribution is -2.49. The van der Waals surface area contributed by atoms with E-state index in [0.717, 1.165) is 38.6 Å². The smallest absolute Gasteiger partial charge is 0.326 e. The van der Waals surface area contributed by atoms with Gasteiger partial charge in [0.05, 0.1) is 0 Å². The van der Waals surface area contributed by atoms with Crippen LogP contribution in [0, 0.1) is 0 Å². The van der Waals surface area contributed by atoms with Crippen LogP contribution >= 0.6 is 0 Å². The number of nitrogens with one attached hydrogen (secondary N) is 1. The summed E-state index contributed by atoms with van der Waals surface area (Å²) in [6, 6.07) is -0.705. The summed E-state index contributed by atoms with van der Waals surface area (Å²) in [5.74, 6) is -0.941. The van der Waals surface area contributed by atoms with E-state index < -0.39 is 12.0 Å². The molecule has 1 rings (SSSR count). The first-order valence-corrected chi connectivity index (χ1v) is 6.90. The van der Waals surface area contributed by atoms with E-state index in [-0.39, 0.29) is 12.1 Å². The number of carbonyl (C=O) groups excluding carboxylic acids is 1. The zero-order chi connectivity index (χ0) is 13.5. The van der Waals surface area contributed by atoms with Crippen LogP contribution in [0.5, 0.6) is 0 Å². The maximum absolute atomic E-state index is 12.0. The first-order chi connectivity index (χ1) is 8.60. The van der Waals surface area contributed by atoms with Crippen molar-refractivity contribution in [3.8, 4) is 0 Å². The van der Waals surface area contributed by atoms with Gasteiger partial charge in [0, 0.05) is 12.6 Å². The minimum Gasteiger partial charge on any atom is -0.480 e. The molecule has 0 bridgehead atoms. The molecular weight excluding hydrogens is 232 g/mol.